The molecule has 2 aromatic carbocycles. The number of ketones is 1. The Morgan fingerprint density at radius 3 is 2.21 bits per heavy atom. The first kappa shape index (κ1) is 24.0. The molecule has 0 saturated carbocycles. The smallest absolute Gasteiger partial charge is 0.327 e. The second kappa shape index (κ2) is 10.3. The molecule has 0 bridgehead atoms. The number of hydrogen-bond acceptors (Lipinski definition) is 5. The summed E-state index contributed by atoms with van der Waals surface area (Å²) in [7, 11) is 0. The number of benzene rings is 2. The fraction of sp³-hybridized carbons (Fsp3) is 0.360. The summed E-state index contributed by atoms with van der Waals surface area (Å²) in [6.07, 6.45) is -0.0624. The van der Waals surface area contributed by atoms with Gasteiger partial charge in [0.05, 0.1) is 6.42 Å². The quantitative estimate of drug-likeness (QED) is 0.416. The van der Waals surface area contributed by atoms with Crippen LogP contribution in [0.3, 0.4) is 0 Å². The van der Waals surface area contributed by atoms with Gasteiger partial charge in [0.25, 0.3) is 0 Å². The van der Waals surface area contributed by atoms with Crippen LogP contribution in [0.1, 0.15) is 55.5 Å². The monoisotopic (exact) mass is 452 g/mol. The molecule has 8 nitrogen and oxygen atoms in total. The van der Waals surface area contributed by atoms with Gasteiger partial charge in [0.15, 0.2) is 12.0 Å². The van der Waals surface area contributed by atoms with Gasteiger partial charge in [0.1, 0.15) is 11.2 Å². The van der Waals surface area contributed by atoms with Gasteiger partial charge < -0.3 is 15.2 Å². The molecule has 0 aromatic heterocycles. The van der Waals surface area contributed by atoms with E-state index in [9.17, 15) is 19.2 Å². The van der Waals surface area contributed by atoms with Crippen molar-refractivity contribution in [2.24, 2.45) is 5.41 Å². The Labute approximate surface area is 192 Å². The zero-order chi connectivity index (χ0) is 24.0. The van der Waals surface area contributed by atoms with Crippen molar-refractivity contribution in [3.8, 4) is 5.75 Å². The lowest BCUT2D eigenvalue weighted by atomic mass is 9.72. The maximum atomic E-state index is 13.0. The third-order valence-electron chi connectivity index (χ3n) is 6.11. The Hall–Kier alpha value is -3.68. The molecule has 0 radical (unpaired) electrons. The molecule has 174 valence electrons. The number of hydrogen-bond donors (Lipinski definition) is 2. The summed E-state index contributed by atoms with van der Waals surface area (Å²) < 4.78 is 6.08. The minimum absolute atomic E-state index is 0.0865. The van der Waals surface area contributed by atoms with Crippen molar-refractivity contribution in [1.82, 2.24) is 10.2 Å². The van der Waals surface area contributed by atoms with Crippen molar-refractivity contribution in [2.45, 2.75) is 52.3 Å². The largest absolute Gasteiger partial charge is 0.481 e. The lowest BCUT2D eigenvalue weighted by Crippen LogP contribution is -2.73. The van der Waals surface area contributed by atoms with E-state index in [1.54, 1.807) is 24.3 Å². The van der Waals surface area contributed by atoms with E-state index in [2.05, 4.69) is 5.32 Å². The zero-order valence-electron chi connectivity index (χ0n) is 18.7. The van der Waals surface area contributed by atoms with E-state index in [-0.39, 0.29) is 31.1 Å². The number of aliphatic carboxylic acids is 1. The van der Waals surface area contributed by atoms with Crippen LogP contribution in [0, 0.1) is 5.41 Å². The lowest BCUT2D eigenvalue weighted by Gasteiger charge is -2.53. The Bertz CT molecular complexity index is 1010. The van der Waals surface area contributed by atoms with E-state index in [1.165, 1.54) is 0 Å². The van der Waals surface area contributed by atoms with Gasteiger partial charge in [0.2, 0.25) is 5.91 Å². The highest BCUT2D eigenvalue weighted by molar-refractivity contribution is 6.03. The molecular weight excluding hydrogens is 424 g/mol. The number of likely N-dealkylation sites (tertiary alicyclic amines) is 1. The van der Waals surface area contributed by atoms with E-state index in [4.69, 9.17) is 9.84 Å². The van der Waals surface area contributed by atoms with Crippen LogP contribution in [0.25, 0.3) is 0 Å². The van der Waals surface area contributed by atoms with Gasteiger partial charge in [-0.15, -0.1) is 0 Å². The summed E-state index contributed by atoms with van der Waals surface area (Å²) in [5.41, 5.74) is 0.486. The summed E-state index contributed by atoms with van der Waals surface area (Å²) in [6, 6.07) is 15.2. The number of nitrogens with zero attached hydrogens (tertiary/aromatic N) is 1. The second-order valence-corrected chi connectivity index (χ2v) is 7.99. The summed E-state index contributed by atoms with van der Waals surface area (Å²) in [4.78, 5) is 49.7. The first-order valence-electron chi connectivity index (χ1n) is 11.0. The van der Waals surface area contributed by atoms with E-state index in [0.717, 1.165) is 10.5 Å². The summed E-state index contributed by atoms with van der Waals surface area (Å²) in [6.45, 7) is 4.07. The predicted molar refractivity (Wildman–Crippen MR) is 121 cm³/mol. The Kier molecular flexibility index (Phi) is 7.48. The fourth-order valence-corrected chi connectivity index (χ4v) is 3.97. The summed E-state index contributed by atoms with van der Waals surface area (Å²) in [5, 5.41) is 11.5. The Morgan fingerprint density at radius 2 is 1.64 bits per heavy atom. The average molecular weight is 453 g/mol. The minimum atomic E-state index is -1.03. The number of nitrogens with one attached hydrogen (secondary N) is 1. The lowest BCUT2D eigenvalue weighted by molar-refractivity contribution is -0.190. The number of imide groups is 1. The van der Waals surface area contributed by atoms with Gasteiger partial charge in [0, 0.05) is 18.5 Å². The van der Waals surface area contributed by atoms with Crippen LogP contribution >= 0.6 is 0 Å². The maximum Gasteiger partial charge on any atom is 0.327 e. The van der Waals surface area contributed by atoms with Gasteiger partial charge in [-0.3, -0.25) is 14.4 Å². The highest BCUT2D eigenvalue weighted by Crippen LogP contribution is 2.46. The van der Waals surface area contributed by atoms with Crippen molar-refractivity contribution in [1.29, 1.82) is 0 Å². The fourth-order valence-electron chi connectivity index (χ4n) is 3.97. The first-order chi connectivity index (χ1) is 15.8. The average Bonchev–Trinajstić information content (AvgIpc) is 2.83. The zero-order valence-corrected chi connectivity index (χ0v) is 18.7. The number of carboxylic acid groups (broad SMARTS) is 1. The maximum absolute atomic E-state index is 13.0. The molecule has 0 aliphatic carbocycles. The van der Waals surface area contributed by atoms with Crippen LogP contribution in [-0.4, -0.2) is 39.9 Å². The second-order valence-electron chi connectivity index (χ2n) is 7.99. The van der Waals surface area contributed by atoms with Crippen LogP contribution < -0.4 is 10.1 Å². The summed E-state index contributed by atoms with van der Waals surface area (Å²) in [5.74, 6) is -1.17. The van der Waals surface area contributed by atoms with Crippen LogP contribution in [0.5, 0.6) is 5.75 Å². The number of carbonyl (C=O) groups is 4. The Balaban J connectivity index is 1.71. The van der Waals surface area contributed by atoms with Crippen molar-refractivity contribution < 1.29 is 29.0 Å². The van der Waals surface area contributed by atoms with Crippen LogP contribution in [-0.2, 0) is 16.1 Å². The van der Waals surface area contributed by atoms with Gasteiger partial charge in [-0.25, -0.2) is 9.69 Å². The van der Waals surface area contributed by atoms with Crippen LogP contribution in [0.2, 0.25) is 0 Å². The van der Waals surface area contributed by atoms with Crippen molar-refractivity contribution in [3.63, 3.8) is 0 Å². The number of β-lactam (4-membered cyclic amide) rings is 1. The molecule has 1 fully saturated rings. The molecule has 1 aliphatic rings. The number of carboxylic acids is 1. The molecule has 3 rings (SSSR count). The minimum Gasteiger partial charge on any atom is -0.481 e. The molecule has 2 N–H and O–H groups in total. The normalized spacial score (nSPS) is 16.6. The van der Waals surface area contributed by atoms with E-state index < -0.39 is 23.6 Å². The molecule has 8 heteroatoms. The Morgan fingerprint density at radius 1 is 1.00 bits per heavy atom. The van der Waals surface area contributed by atoms with Crippen molar-refractivity contribution in [3.05, 3.63) is 65.7 Å². The molecular formula is C25H28N2O6. The highest BCUT2D eigenvalue weighted by Gasteiger charge is 2.62. The number of rotatable bonds is 10. The molecule has 1 aliphatic heterocycles. The summed E-state index contributed by atoms with van der Waals surface area (Å²) >= 11 is 0. The third kappa shape index (κ3) is 5.05. The number of amides is 3. The SMILES string of the molecule is CCC1(CC)C(=O)N(C(=O)NCc2ccccc2)C1Oc1ccc(C(=O)CCC(=O)O)cc1. The molecule has 1 atom stereocenters. The van der Waals surface area contributed by atoms with Crippen molar-refractivity contribution >= 4 is 23.7 Å². The van der Waals surface area contributed by atoms with Crippen molar-refractivity contribution in [2.75, 3.05) is 0 Å². The molecule has 2 aromatic rings. The number of urea groups is 1. The van der Waals surface area contributed by atoms with Gasteiger partial charge in [-0.2, -0.15) is 0 Å². The van der Waals surface area contributed by atoms with Crippen LogP contribution in [0.15, 0.2) is 54.6 Å². The van der Waals surface area contributed by atoms with Gasteiger partial charge >= 0.3 is 12.0 Å². The predicted octanol–water partition coefficient (Wildman–Crippen LogP) is 4.00. The van der Waals surface area contributed by atoms with Gasteiger partial charge in [-0.1, -0.05) is 44.2 Å². The highest BCUT2D eigenvalue weighted by atomic mass is 16.5. The third-order valence-corrected chi connectivity index (χ3v) is 6.11. The number of ether oxygens (including phenoxy) is 1. The van der Waals surface area contributed by atoms with E-state index in [1.807, 2.05) is 44.2 Å². The standard InChI is InChI=1S/C25H28N2O6/c1-3-25(4-2)22(31)27(24(32)26-16-17-8-6-5-7-9-17)23(25)33-19-12-10-18(11-13-19)20(28)14-15-21(29)30/h5-13,23H,3-4,14-16H2,1-2H3,(H,26,32)(H,29,30). The number of Topliss-reactive ketones (excluding diaryl/α,β-unsaturated/α-hetero) is 1. The molecule has 0 spiro atoms. The van der Waals surface area contributed by atoms with Crippen LogP contribution in [0.4, 0.5) is 4.79 Å². The topological polar surface area (TPSA) is 113 Å². The molecule has 3 amide bonds. The van der Waals surface area contributed by atoms with E-state index in [0.29, 0.717) is 24.2 Å². The first-order valence-corrected chi connectivity index (χ1v) is 11.0. The van der Waals surface area contributed by atoms with E-state index >= 15 is 0 Å². The molecule has 1 heterocycles. The van der Waals surface area contributed by atoms with Gasteiger partial charge in [-0.05, 0) is 42.7 Å². The molecule has 33 heavy (non-hydrogen) atoms. The molecule has 1 unspecified atom stereocenters. The molecule has 1 saturated heterocycles. The number of carbonyl (C=O) groups excluding carboxylic acids is 3.